The van der Waals surface area contributed by atoms with Crippen molar-refractivity contribution in [1.82, 2.24) is 19.7 Å². The molecular weight excluding hydrogens is 364 g/mol. The Labute approximate surface area is 167 Å². The summed E-state index contributed by atoms with van der Waals surface area (Å²) in [5, 5.41) is 17.6. The highest BCUT2D eigenvalue weighted by Gasteiger charge is 2.18. The molecular formula is C22H18N6O. The van der Waals surface area contributed by atoms with Crippen molar-refractivity contribution in [3.05, 3.63) is 76.7 Å². The van der Waals surface area contributed by atoms with Crippen LogP contribution < -0.4 is 5.32 Å². The number of nitrogens with one attached hydrogen (secondary N) is 1. The number of hydrogen-bond acceptors (Lipinski definition) is 5. The van der Waals surface area contributed by atoms with E-state index in [1.165, 1.54) is 22.6 Å². The second kappa shape index (κ2) is 7.17. The van der Waals surface area contributed by atoms with Crippen molar-refractivity contribution in [2.45, 2.75) is 20.8 Å². The van der Waals surface area contributed by atoms with E-state index in [-0.39, 0.29) is 17.1 Å². The van der Waals surface area contributed by atoms with Crippen LogP contribution in [-0.4, -0.2) is 25.7 Å². The molecule has 4 aromatic rings. The number of aryl methyl sites for hydroxylation is 3. The van der Waals surface area contributed by atoms with Gasteiger partial charge in [-0.15, -0.1) is 0 Å². The van der Waals surface area contributed by atoms with Gasteiger partial charge < -0.3 is 5.32 Å². The molecule has 7 nitrogen and oxygen atoms in total. The Kier molecular flexibility index (Phi) is 4.53. The first-order chi connectivity index (χ1) is 14.0. The molecule has 1 amide bonds. The number of aromatic nitrogens is 4. The smallest absolute Gasteiger partial charge is 0.275 e. The first-order valence-electron chi connectivity index (χ1n) is 9.07. The number of carbonyl (C=O) groups is 1. The third kappa shape index (κ3) is 3.32. The number of benzene rings is 1. The molecule has 3 aromatic heterocycles. The fourth-order valence-corrected chi connectivity index (χ4v) is 3.33. The third-order valence-electron chi connectivity index (χ3n) is 4.68. The highest BCUT2D eigenvalue weighted by atomic mass is 16.2. The van der Waals surface area contributed by atoms with Crippen LogP contribution in [0.15, 0.2) is 48.8 Å². The molecule has 29 heavy (non-hydrogen) atoms. The standard InChI is InChI=1S/C22H18N6O/c1-13-8-15(3)20-17(9-13)14(2)10-19(26-20)28-21(16(11-23)12-25-28)27-22(29)18-6-4-5-7-24-18/h4-10,12H,1-3H3,(H,27,29). The predicted molar refractivity (Wildman–Crippen MR) is 110 cm³/mol. The summed E-state index contributed by atoms with van der Waals surface area (Å²) >= 11 is 0. The fourth-order valence-electron chi connectivity index (χ4n) is 3.33. The maximum Gasteiger partial charge on any atom is 0.275 e. The van der Waals surface area contributed by atoms with Crippen molar-refractivity contribution in [1.29, 1.82) is 5.26 Å². The summed E-state index contributed by atoms with van der Waals surface area (Å²) in [4.78, 5) is 21.4. The molecule has 0 aliphatic rings. The van der Waals surface area contributed by atoms with Crippen molar-refractivity contribution >= 4 is 22.6 Å². The van der Waals surface area contributed by atoms with Crippen LogP contribution in [0.5, 0.6) is 0 Å². The molecule has 0 atom stereocenters. The van der Waals surface area contributed by atoms with Crippen LogP contribution in [0.3, 0.4) is 0 Å². The van der Waals surface area contributed by atoms with E-state index >= 15 is 0 Å². The third-order valence-corrected chi connectivity index (χ3v) is 4.68. The molecule has 0 spiro atoms. The first-order valence-corrected chi connectivity index (χ1v) is 9.07. The summed E-state index contributed by atoms with van der Waals surface area (Å²) in [5.74, 6) is 0.368. The average molecular weight is 382 g/mol. The number of rotatable bonds is 3. The maximum atomic E-state index is 12.6. The fraction of sp³-hybridized carbons (Fsp3) is 0.136. The highest BCUT2D eigenvalue weighted by molar-refractivity contribution is 6.03. The van der Waals surface area contributed by atoms with Gasteiger partial charge in [0.15, 0.2) is 11.6 Å². The van der Waals surface area contributed by atoms with Crippen LogP contribution in [0.1, 0.15) is 32.7 Å². The van der Waals surface area contributed by atoms with Crippen LogP contribution >= 0.6 is 0 Å². The number of amides is 1. The molecule has 0 aliphatic heterocycles. The van der Waals surface area contributed by atoms with Crippen molar-refractivity contribution < 1.29 is 4.79 Å². The number of pyridine rings is 2. The topological polar surface area (TPSA) is 96.5 Å². The number of anilines is 1. The lowest BCUT2D eigenvalue weighted by molar-refractivity contribution is 0.102. The molecule has 4 rings (SSSR count). The van der Waals surface area contributed by atoms with Gasteiger partial charge in [0.05, 0.1) is 11.7 Å². The number of nitrogens with zero attached hydrogens (tertiary/aromatic N) is 5. The number of hydrogen-bond donors (Lipinski definition) is 1. The predicted octanol–water partition coefficient (Wildman–Crippen LogP) is 3.86. The Bertz CT molecular complexity index is 1280. The monoisotopic (exact) mass is 382 g/mol. The summed E-state index contributed by atoms with van der Waals surface area (Å²) in [6, 6.07) is 13.2. The Hall–Kier alpha value is -4.05. The molecule has 0 unspecified atom stereocenters. The molecule has 1 aromatic carbocycles. The lowest BCUT2D eigenvalue weighted by Gasteiger charge is -2.12. The van der Waals surface area contributed by atoms with Crippen molar-refractivity contribution in [3.8, 4) is 11.9 Å². The van der Waals surface area contributed by atoms with E-state index in [9.17, 15) is 10.1 Å². The van der Waals surface area contributed by atoms with E-state index in [1.54, 1.807) is 18.2 Å². The quantitative estimate of drug-likeness (QED) is 0.580. The van der Waals surface area contributed by atoms with Gasteiger partial charge in [0, 0.05) is 11.6 Å². The van der Waals surface area contributed by atoms with Crippen molar-refractivity contribution in [2.24, 2.45) is 0 Å². The van der Waals surface area contributed by atoms with Gasteiger partial charge in [-0.05, 0) is 56.2 Å². The lowest BCUT2D eigenvalue weighted by atomic mass is 10.0. The molecule has 0 radical (unpaired) electrons. The second-order valence-electron chi connectivity index (χ2n) is 6.87. The van der Waals surface area contributed by atoms with Crippen LogP contribution in [0, 0.1) is 32.1 Å². The minimum Gasteiger partial charge on any atom is -0.304 e. The van der Waals surface area contributed by atoms with Crippen LogP contribution in [0.4, 0.5) is 5.82 Å². The van der Waals surface area contributed by atoms with Gasteiger partial charge in [0.2, 0.25) is 0 Å². The molecule has 142 valence electrons. The van der Waals surface area contributed by atoms with E-state index < -0.39 is 5.91 Å². The van der Waals surface area contributed by atoms with Gasteiger partial charge in [-0.25, -0.2) is 4.98 Å². The minimum atomic E-state index is -0.423. The molecule has 0 fully saturated rings. The first kappa shape index (κ1) is 18.3. The Morgan fingerprint density at radius 3 is 2.69 bits per heavy atom. The van der Waals surface area contributed by atoms with Gasteiger partial charge in [0.25, 0.3) is 5.91 Å². The van der Waals surface area contributed by atoms with E-state index in [0.29, 0.717) is 5.82 Å². The Morgan fingerprint density at radius 1 is 1.14 bits per heavy atom. The largest absolute Gasteiger partial charge is 0.304 e. The van der Waals surface area contributed by atoms with Crippen LogP contribution in [0.25, 0.3) is 16.7 Å². The SMILES string of the molecule is Cc1cc(C)c2nc(-n3ncc(C#N)c3NC(=O)c3ccccn3)cc(C)c2c1. The molecule has 7 heteroatoms. The molecule has 1 N–H and O–H groups in total. The molecule has 0 bridgehead atoms. The number of nitriles is 1. The molecule has 3 heterocycles. The van der Waals surface area contributed by atoms with Gasteiger partial charge in [-0.2, -0.15) is 15.0 Å². The van der Waals surface area contributed by atoms with E-state index in [4.69, 9.17) is 4.98 Å². The molecule has 0 aliphatic carbocycles. The Morgan fingerprint density at radius 2 is 1.97 bits per heavy atom. The summed E-state index contributed by atoms with van der Waals surface area (Å²) < 4.78 is 1.48. The summed E-state index contributed by atoms with van der Waals surface area (Å²) in [5.41, 5.74) is 4.61. The van der Waals surface area contributed by atoms with Gasteiger partial charge in [-0.1, -0.05) is 17.7 Å². The van der Waals surface area contributed by atoms with Crippen molar-refractivity contribution in [2.75, 3.05) is 5.32 Å². The molecule has 0 saturated carbocycles. The van der Waals surface area contributed by atoms with Crippen molar-refractivity contribution in [3.63, 3.8) is 0 Å². The number of fused-ring (bicyclic) bond motifs is 1. The normalized spacial score (nSPS) is 10.7. The average Bonchev–Trinajstić information content (AvgIpc) is 3.11. The summed E-state index contributed by atoms with van der Waals surface area (Å²) in [7, 11) is 0. The van der Waals surface area contributed by atoms with E-state index in [1.807, 2.05) is 19.9 Å². The highest BCUT2D eigenvalue weighted by Crippen LogP contribution is 2.26. The lowest BCUT2D eigenvalue weighted by Crippen LogP contribution is -2.17. The molecule has 0 saturated heterocycles. The minimum absolute atomic E-state index is 0.245. The summed E-state index contributed by atoms with van der Waals surface area (Å²) in [6.07, 6.45) is 2.95. The van der Waals surface area contributed by atoms with E-state index in [0.717, 1.165) is 22.0 Å². The summed E-state index contributed by atoms with van der Waals surface area (Å²) in [6.45, 7) is 6.07. The zero-order chi connectivity index (χ0) is 20.5. The zero-order valence-corrected chi connectivity index (χ0v) is 16.3. The Balaban J connectivity index is 1.83. The maximum absolute atomic E-state index is 12.6. The van der Waals surface area contributed by atoms with Crippen LogP contribution in [-0.2, 0) is 0 Å². The zero-order valence-electron chi connectivity index (χ0n) is 16.3. The van der Waals surface area contributed by atoms with Gasteiger partial charge in [-0.3, -0.25) is 9.78 Å². The van der Waals surface area contributed by atoms with Gasteiger partial charge in [0.1, 0.15) is 17.3 Å². The number of carbonyl (C=O) groups excluding carboxylic acids is 1. The van der Waals surface area contributed by atoms with Crippen LogP contribution in [0.2, 0.25) is 0 Å². The van der Waals surface area contributed by atoms with Gasteiger partial charge >= 0.3 is 0 Å². The second-order valence-corrected chi connectivity index (χ2v) is 6.87. The van der Waals surface area contributed by atoms with E-state index in [2.05, 4.69) is 40.5 Å².